The van der Waals surface area contributed by atoms with Crippen molar-refractivity contribution in [3.8, 4) is 0 Å². The fourth-order valence-corrected chi connectivity index (χ4v) is 1.97. The number of amides is 2. The van der Waals surface area contributed by atoms with E-state index in [2.05, 4.69) is 10.6 Å². The number of rotatable bonds is 5. The molecule has 0 heterocycles. The summed E-state index contributed by atoms with van der Waals surface area (Å²) >= 11 is 0. The van der Waals surface area contributed by atoms with E-state index in [0.29, 0.717) is 0 Å². The van der Waals surface area contributed by atoms with Crippen LogP contribution in [0.2, 0.25) is 0 Å². The van der Waals surface area contributed by atoms with Crippen molar-refractivity contribution in [3.63, 3.8) is 0 Å². The van der Waals surface area contributed by atoms with E-state index in [1.54, 1.807) is 7.05 Å². The Morgan fingerprint density at radius 2 is 1.68 bits per heavy atom. The smallest absolute Gasteiger partial charge is 0.243 e. The van der Waals surface area contributed by atoms with Crippen LogP contribution in [-0.4, -0.2) is 42.4 Å². The van der Waals surface area contributed by atoms with Gasteiger partial charge >= 0.3 is 0 Å². The molecule has 0 aliphatic carbocycles. The Balaban J connectivity index is 2.56. The lowest BCUT2D eigenvalue weighted by atomic mass is 10.1. The van der Waals surface area contributed by atoms with Gasteiger partial charge in [0.05, 0.1) is 13.1 Å². The maximum Gasteiger partial charge on any atom is 0.243 e. The lowest BCUT2D eigenvalue weighted by Crippen LogP contribution is -2.45. The van der Waals surface area contributed by atoms with E-state index >= 15 is 0 Å². The van der Waals surface area contributed by atoms with Crippen molar-refractivity contribution in [2.45, 2.75) is 40.2 Å². The zero-order valence-corrected chi connectivity index (χ0v) is 14.4. The predicted octanol–water partition coefficient (Wildman–Crippen LogP) is 2.09. The third-order valence-corrected chi connectivity index (χ3v) is 3.32. The van der Waals surface area contributed by atoms with Gasteiger partial charge in [-0.25, -0.2) is 0 Å². The number of carbonyl (C=O) groups excluding carboxylic acids is 2. The Labute approximate surface area is 133 Å². The van der Waals surface area contributed by atoms with Crippen molar-refractivity contribution < 1.29 is 9.59 Å². The molecule has 0 aliphatic rings. The molecule has 1 rings (SSSR count). The summed E-state index contributed by atoms with van der Waals surface area (Å²) in [5.41, 5.74) is 2.71. The number of carbonyl (C=O) groups is 2. The first-order valence-electron chi connectivity index (χ1n) is 7.45. The highest BCUT2D eigenvalue weighted by molar-refractivity contribution is 5.95. The molecule has 1 aromatic rings. The summed E-state index contributed by atoms with van der Waals surface area (Å²) in [7, 11) is 1.64. The van der Waals surface area contributed by atoms with Gasteiger partial charge in [0.15, 0.2) is 0 Å². The molecule has 0 unspecified atom stereocenters. The van der Waals surface area contributed by atoms with Gasteiger partial charge in [0.2, 0.25) is 11.8 Å². The van der Waals surface area contributed by atoms with Crippen LogP contribution in [0.3, 0.4) is 0 Å². The van der Waals surface area contributed by atoms with E-state index in [9.17, 15) is 9.59 Å². The van der Waals surface area contributed by atoms with Crippen molar-refractivity contribution in [1.29, 1.82) is 0 Å². The molecule has 0 aliphatic heterocycles. The highest BCUT2D eigenvalue weighted by Crippen LogP contribution is 2.19. The second-order valence-corrected chi connectivity index (χ2v) is 6.67. The van der Waals surface area contributed by atoms with E-state index in [1.165, 1.54) is 4.90 Å². The van der Waals surface area contributed by atoms with E-state index in [0.717, 1.165) is 16.8 Å². The highest BCUT2D eigenvalue weighted by atomic mass is 16.2. The van der Waals surface area contributed by atoms with Crippen molar-refractivity contribution >= 4 is 17.5 Å². The van der Waals surface area contributed by atoms with Crippen LogP contribution in [0.4, 0.5) is 5.69 Å². The normalized spacial score (nSPS) is 11.2. The minimum absolute atomic E-state index is 0.0401. The quantitative estimate of drug-likeness (QED) is 0.875. The number of nitrogens with one attached hydrogen (secondary N) is 2. The van der Waals surface area contributed by atoms with Crippen LogP contribution >= 0.6 is 0 Å². The van der Waals surface area contributed by atoms with E-state index in [4.69, 9.17) is 0 Å². The van der Waals surface area contributed by atoms with Gasteiger partial charge in [0.25, 0.3) is 0 Å². The summed E-state index contributed by atoms with van der Waals surface area (Å²) in [5.74, 6) is -0.296. The molecule has 5 heteroatoms. The monoisotopic (exact) mass is 305 g/mol. The molecule has 2 N–H and O–H groups in total. The average molecular weight is 305 g/mol. The molecule has 0 atom stereocenters. The summed E-state index contributed by atoms with van der Waals surface area (Å²) in [6.07, 6.45) is 0. The summed E-state index contributed by atoms with van der Waals surface area (Å²) in [5, 5.41) is 6.00. The zero-order valence-electron chi connectivity index (χ0n) is 14.4. The number of hydrogen-bond acceptors (Lipinski definition) is 3. The Bertz CT molecular complexity index is 527. The number of aryl methyl sites for hydroxylation is 2. The molecule has 0 saturated heterocycles. The van der Waals surface area contributed by atoms with Crippen LogP contribution in [0.15, 0.2) is 18.2 Å². The standard InChI is InChI=1S/C17H27N3O2/c1-12-8-7-9-13(2)16(12)19-14(21)11-20(6)15(22)10-18-17(3,4)5/h7-9,18H,10-11H2,1-6H3,(H,19,21). The van der Waals surface area contributed by atoms with E-state index in [1.807, 2.05) is 52.8 Å². The fourth-order valence-electron chi connectivity index (χ4n) is 1.97. The van der Waals surface area contributed by atoms with Crippen molar-refractivity contribution in [2.75, 3.05) is 25.5 Å². The summed E-state index contributed by atoms with van der Waals surface area (Å²) in [6.45, 7) is 10.1. The fraction of sp³-hybridized carbons (Fsp3) is 0.529. The van der Waals surface area contributed by atoms with Crippen LogP contribution in [0.25, 0.3) is 0 Å². The van der Waals surface area contributed by atoms with Gasteiger partial charge in [0.1, 0.15) is 0 Å². The molecule has 0 radical (unpaired) electrons. The minimum Gasteiger partial charge on any atom is -0.335 e. The number of likely N-dealkylation sites (N-methyl/N-ethyl adjacent to an activating group) is 1. The Kier molecular flexibility index (Phi) is 6.11. The third-order valence-electron chi connectivity index (χ3n) is 3.32. The summed E-state index contributed by atoms with van der Waals surface area (Å²) in [6, 6.07) is 5.85. The number of para-hydroxylation sites is 1. The first-order valence-corrected chi connectivity index (χ1v) is 7.45. The number of anilines is 1. The summed E-state index contributed by atoms with van der Waals surface area (Å²) < 4.78 is 0. The van der Waals surface area contributed by atoms with Gasteiger partial charge in [-0.1, -0.05) is 18.2 Å². The van der Waals surface area contributed by atoms with Gasteiger partial charge in [0, 0.05) is 18.3 Å². The SMILES string of the molecule is Cc1cccc(C)c1NC(=O)CN(C)C(=O)CNC(C)(C)C. The van der Waals surface area contributed by atoms with Gasteiger partial charge < -0.3 is 15.5 Å². The second kappa shape index (κ2) is 7.40. The number of benzene rings is 1. The maximum absolute atomic E-state index is 12.1. The van der Waals surface area contributed by atoms with Gasteiger partial charge in [-0.05, 0) is 45.7 Å². The van der Waals surface area contributed by atoms with Gasteiger partial charge in [-0.15, -0.1) is 0 Å². The topological polar surface area (TPSA) is 61.4 Å². The lowest BCUT2D eigenvalue weighted by Gasteiger charge is -2.23. The molecular formula is C17H27N3O2. The number of nitrogens with zero attached hydrogens (tertiary/aromatic N) is 1. The molecule has 0 aromatic heterocycles. The van der Waals surface area contributed by atoms with Gasteiger partial charge in [-0.3, -0.25) is 9.59 Å². The molecule has 0 saturated carbocycles. The van der Waals surface area contributed by atoms with Crippen molar-refractivity contribution in [2.24, 2.45) is 0 Å². The second-order valence-electron chi connectivity index (χ2n) is 6.67. The Hall–Kier alpha value is -1.88. The molecule has 0 bridgehead atoms. The van der Waals surface area contributed by atoms with Crippen LogP contribution in [-0.2, 0) is 9.59 Å². The van der Waals surface area contributed by atoms with Crippen LogP contribution in [0.5, 0.6) is 0 Å². The molecule has 5 nitrogen and oxygen atoms in total. The summed E-state index contributed by atoms with van der Waals surface area (Å²) in [4.78, 5) is 25.5. The average Bonchev–Trinajstić information content (AvgIpc) is 2.39. The molecule has 2 amide bonds. The van der Waals surface area contributed by atoms with E-state index in [-0.39, 0.29) is 30.4 Å². The van der Waals surface area contributed by atoms with Gasteiger partial charge in [-0.2, -0.15) is 0 Å². The highest BCUT2D eigenvalue weighted by Gasteiger charge is 2.17. The molecule has 0 fully saturated rings. The zero-order chi connectivity index (χ0) is 16.9. The maximum atomic E-state index is 12.1. The Morgan fingerprint density at radius 3 is 2.18 bits per heavy atom. The lowest BCUT2D eigenvalue weighted by molar-refractivity contribution is -0.132. The van der Waals surface area contributed by atoms with Crippen molar-refractivity contribution in [3.05, 3.63) is 29.3 Å². The molecular weight excluding hydrogens is 278 g/mol. The van der Waals surface area contributed by atoms with E-state index < -0.39 is 0 Å². The van der Waals surface area contributed by atoms with Crippen molar-refractivity contribution in [1.82, 2.24) is 10.2 Å². The van der Waals surface area contributed by atoms with Crippen LogP contribution in [0.1, 0.15) is 31.9 Å². The first-order chi connectivity index (χ1) is 10.1. The number of hydrogen-bond donors (Lipinski definition) is 2. The van der Waals surface area contributed by atoms with Crippen LogP contribution < -0.4 is 10.6 Å². The Morgan fingerprint density at radius 1 is 1.14 bits per heavy atom. The molecule has 122 valence electrons. The first kappa shape index (κ1) is 18.2. The molecule has 0 spiro atoms. The molecule has 22 heavy (non-hydrogen) atoms. The third kappa shape index (κ3) is 5.85. The van der Waals surface area contributed by atoms with Crippen LogP contribution in [0, 0.1) is 13.8 Å². The predicted molar refractivity (Wildman–Crippen MR) is 89.9 cm³/mol. The molecule has 1 aromatic carbocycles. The largest absolute Gasteiger partial charge is 0.335 e. The minimum atomic E-state index is -0.191.